The van der Waals surface area contributed by atoms with E-state index in [1.165, 1.54) is 11.0 Å². The predicted octanol–water partition coefficient (Wildman–Crippen LogP) is 1.85. The minimum absolute atomic E-state index is 0.0697. The summed E-state index contributed by atoms with van der Waals surface area (Å²) in [5.74, 6) is -1.22. The average molecular weight is 461 g/mol. The van der Waals surface area contributed by atoms with Gasteiger partial charge in [0, 0.05) is 25.9 Å². The van der Waals surface area contributed by atoms with Crippen LogP contribution in [0.15, 0.2) is 47.4 Å². The van der Waals surface area contributed by atoms with Crippen LogP contribution in [0.4, 0.5) is 5.69 Å². The van der Waals surface area contributed by atoms with Crippen molar-refractivity contribution in [2.45, 2.75) is 30.6 Å². The summed E-state index contributed by atoms with van der Waals surface area (Å²) in [4.78, 5) is 34.5. The molecule has 2 aliphatic heterocycles. The topological polar surface area (TPSA) is 156 Å². The Morgan fingerprint density at radius 1 is 1.09 bits per heavy atom. The summed E-state index contributed by atoms with van der Waals surface area (Å²) in [6.45, 7) is 1.22. The maximum atomic E-state index is 12.2. The second kappa shape index (κ2) is 9.79. The molecular weight excluding hydrogens is 438 g/mol. The SMILES string of the molecule is NS(=O)(=O)c1cc(C(=O)O)cc(N2CCCC2=O)c1Oc1ccccc1.O=C1CCCN1. The van der Waals surface area contributed by atoms with E-state index in [0.717, 1.165) is 25.5 Å². The fraction of sp³-hybridized carbons (Fsp3) is 0.286. The molecular formula is C21H23N3O7S. The monoisotopic (exact) mass is 461 g/mol. The van der Waals surface area contributed by atoms with Gasteiger partial charge in [-0.2, -0.15) is 0 Å². The Balaban J connectivity index is 0.000000416. The minimum Gasteiger partial charge on any atom is -0.478 e. The summed E-state index contributed by atoms with van der Waals surface area (Å²) in [5.41, 5.74) is -0.232. The van der Waals surface area contributed by atoms with E-state index >= 15 is 0 Å². The van der Waals surface area contributed by atoms with Gasteiger partial charge in [0.2, 0.25) is 21.8 Å². The first-order valence-electron chi connectivity index (χ1n) is 9.91. The van der Waals surface area contributed by atoms with Crippen LogP contribution in [0.2, 0.25) is 0 Å². The van der Waals surface area contributed by atoms with Crippen molar-refractivity contribution in [1.82, 2.24) is 5.32 Å². The average Bonchev–Trinajstić information content (AvgIpc) is 3.39. The Kier molecular flexibility index (Phi) is 7.11. The highest BCUT2D eigenvalue weighted by molar-refractivity contribution is 7.89. The van der Waals surface area contributed by atoms with Crippen LogP contribution in [0.5, 0.6) is 11.5 Å². The van der Waals surface area contributed by atoms with Gasteiger partial charge >= 0.3 is 5.97 Å². The van der Waals surface area contributed by atoms with Crippen LogP contribution >= 0.6 is 0 Å². The van der Waals surface area contributed by atoms with Crippen LogP contribution < -0.4 is 20.1 Å². The summed E-state index contributed by atoms with van der Waals surface area (Å²) < 4.78 is 29.9. The van der Waals surface area contributed by atoms with Gasteiger partial charge in [-0.1, -0.05) is 18.2 Å². The number of ether oxygens (including phenoxy) is 1. The van der Waals surface area contributed by atoms with Gasteiger partial charge in [-0.05, 0) is 37.1 Å². The number of aromatic carboxylic acids is 1. The van der Waals surface area contributed by atoms with Crippen molar-refractivity contribution < 1.29 is 32.6 Å². The second-order valence-electron chi connectivity index (χ2n) is 7.19. The number of hydrogen-bond acceptors (Lipinski definition) is 6. The quantitative estimate of drug-likeness (QED) is 0.613. The summed E-state index contributed by atoms with van der Waals surface area (Å²) >= 11 is 0. The molecule has 4 rings (SSSR count). The molecule has 0 unspecified atom stereocenters. The lowest BCUT2D eigenvalue weighted by atomic mass is 10.1. The molecule has 0 bridgehead atoms. The van der Waals surface area contributed by atoms with E-state index in [1.54, 1.807) is 30.3 Å². The number of primary sulfonamides is 1. The van der Waals surface area contributed by atoms with Gasteiger partial charge in [0.05, 0.1) is 11.3 Å². The van der Waals surface area contributed by atoms with E-state index in [4.69, 9.17) is 9.88 Å². The molecule has 0 saturated carbocycles. The van der Waals surface area contributed by atoms with Gasteiger partial charge < -0.3 is 20.1 Å². The van der Waals surface area contributed by atoms with Crippen LogP contribution in [0.3, 0.4) is 0 Å². The van der Waals surface area contributed by atoms with Gasteiger partial charge in [0.1, 0.15) is 10.6 Å². The Morgan fingerprint density at radius 2 is 1.81 bits per heavy atom. The normalized spacial score (nSPS) is 15.7. The molecule has 0 aromatic heterocycles. The molecule has 2 heterocycles. The van der Waals surface area contributed by atoms with Crippen LogP contribution in [-0.4, -0.2) is 44.4 Å². The lowest BCUT2D eigenvalue weighted by Gasteiger charge is -2.22. The third-order valence-electron chi connectivity index (χ3n) is 4.82. The number of amides is 2. The standard InChI is InChI=1S/C17H16N2O6S.C4H7NO/c18-26(23,24)14-10-11(17(21)22)9-13(19-8-4-7-15(19)20)16(14)25-12-5-2-1-3-6-12;6-4-2-1-3-5-4/h1-3,5-6,9-10H,4,7-8H2,(H,21,22)(H2,18,23,24);1-3H2,(H,5,6). The number of rotatable bonds is 5. The van der Waals surface area contributed by atoms with Crippen LogP contribution in [-0.2, 0) is 19.6 Å². The molecule has 10 nitrogen and oxygen atoms in total. The van der Waals surface area contributed by atoms with Crippen molar-refractivity contribution in [2.24, 2.45) is 5.14 Å². The van der Waals surface area contributed by atoms with E-state index in [2.05, 4.69) is 5.32 Å². The number of nitrogens with two attached hydrogens (primary N) is 1. The number of carbonyl (C=O) groups is 3. The first kappa shape index (κ1) is 23.2. The molecule has 170 valence electrons. The molecule has 2 aromatic carbocycles. The maximum Gasteiger partial charge on any atom is 0.335 e. The van der Waals surface area contributed by atoms with E-state index in [9.17, 15) is 27.9 Å². The second-order valence-corrected chi connectivity index (χ2v) is 8.72. The number of carbonyl (C=O) groups excluding carboxylic acids is 2. The van der Waals surface area contributed by atoms with Gasteiger partial charge in [-0.25, -0.2) is 18.4 Å². The van der Waals surface area contributed by atoms with Crippen molar-refractivity contribution in [3.8, 4) is 11.5 Å². The highest BCUT2D eigenvalue weighted by atomic mass is 32.2. The molecule has 2 saturated heterocycles. The van der Waals surface area contributed by atoms with Gasteiger partial charge in [0.15, 0.2) is 5.75 Å². The highest BCUT2D eigenvalue weighted by Crippen LogP contribution is 2.40. The molecule has 2 aromatic rings. The van der Waals surface area contributed by atoms with Crippen molar-refractivity contribution in [3.63, 3.8) is 0 Å². The van der Waals surface area contributed by atoms with Gasteiger partial charge in [-0.3, -0.25) is 9.59 Å². The number of nitrogens with zero attached hydrogens (tertiary/aromatic N) is 1. The Bertz CT molecular complexity index is 1130. The molecule has 32 heavy (non-hydrogen) atoms. The fourth-order valence-corrected chi connectivity index (χ4v) is 4.00. The molecule has 2 aliphatic rings. The Hall–Kier alpha value is -3.44. The molecule has 11 heteroatoms. The number of para-hydroxylation sites is 1. The predicted molar refractivity (Wildman–Crippen MR) is 115 cm³/mol. The van der Waals surface area contributed by atoms with E-state index in [1.807, 2.05) is 0 Å². The number of carboxylic acids is 1. The lowest BCUT2D eigenvalue weighted by molar-refractivity contribution is -0.119. The molecule has 0 spiro atoms. The largest absolute Gasteiger partial charge is 0.478 e. The zero-order chi connectivity index (χ0) is 23.3. The molecule has 2 fully saturated rings. The van der Waals surface area contributed by atoms with Gasteiger partial charge in [0.25, 0.3) is 0 Å². The number of anilines is 1. The lowest BCUT2D eigenvalue weighted by Crippen LogP contribution is -2.26. The van der Waals surface area contributed by atoms with Crippen molar-refractivity contribution in [2.75, 3.05) is 18.0 Å². The van der Waals surface area contributed by atoms with Crippen LogP contribution in [0.1, 0.15) is 36.0 Å². The zero-order valence-electron chi connectivity index (χ0n) is 17.1. The Labute approximate surface area is 185 Å². The Morgan fingerprint density at radius 3 is 2.28 bits per heavy atom. The maximum absolute atomic E-state index is 12.2. The summed E-state index contributed by atoms with van der Waals surface area (Å²) in [6, 6.07) is 10.5. The highest BCUT2D eigenvalue weighted by Gasteiger charge is 2.30. The molecule has 0 aliphatic carbocycles. The van der Waals surface area contributed by atoms with Crippen molar-refractivity contribution in [1.29, 1.82) is 0 Å². The molecule has 2 amide bonds. The van der Waals surface area contributed by atoms with E-state index < -0.39 is 20.9 Å². The van der Waals surface area contributed by atoms with E-state index in [0.29, 0.717) is 18.7 Å². The zero-order valence-corrected chi connectivity index (χ0v) is 17.9. The summed E-state index contributed by atoms with van der Waals surface area (Å²) in [6.07, 6.45) is 2.62. The molecule has 4 N–H and O–H groups in total. The van der Waals surface area contributed by atoms with Crippen LogP contribution in [0.25, 0.3) is 0 Å². The molecule has 0 radical (unpaired) electrons. The van der Waals surface area contributed by atoms with Crippen molar-refractivity contribution in [3.05, 3.63) is 48.0 Å². The smallest absolute Gasteiger partial charge is 0.335 e. The third-order valence-corrected chi connectivity index (χ3v) is 5.74. The minimum atomic E-state index is -4.31. The number of benzene rings is 2. The number of sulfonamides is 1. The first-order valence-corrected chi connectivity index (χ1v) is 11.5. The molecule has 0 atom stereocenters. The fourth-order valence-electron chi connectivity index (χ4n) is 3.30. The third kappa shape index (κ3) is 5.62. The number of hydrogen-bond donors (Lipinski definition) is 3. The number of carboxylic acid groups (broad SMARTS) is 1. The summed E-state index contributed by atoms with van der Waals surface area (Å²) in [5, 5.41) is 17.3. The first-order chi connectivity index (χ1) is 15.2. The van der Waals surface area contributed by atoms with Crippen molar-refractivity contribution >= 4 is 33.5 Å². The van der Waals surface area contributed by atoms with Crippen LogP contribution in [0, 0.1) is 0 Å². The van der Waals surface area contributed by atoms with Gasteiger partial charge in [-0.15, -0.1) is 0 Å². The number of nitrogens with one attached hydrogen (secondary N) is 1. The van der Waals surface area contributed by atoms with E-state index in [-0.39, 0.29) is 35.2 Å². The summed E-state index contributed by atoms with van der Waals surface area (Å²) in [7, 11) is -4.31.